The monoisotopic (exact) mass is 250 g/mol. The van der Waals surface area contributed by atoms with E-state index in [-0.39, 0.29) is 0 Å². The second-order valence-electron chi connectivity index (χ2n) is 2.77. The van der Waals surface area contributed by atoms with Crippen molar-refractivity contribution in [1.82, 2.24) is 0 Å². The molecule has 0 radical (unpaired) electrons. The standard InChI is InChI=1S/C10H12Cl2OS/c1-3-4-13-10-8(11)5-7(14-2)6-9(10)12/h5-6H,3-4H2,1-2H3. The zero-order valence-corrected chi connectivity index (χ0v) is 10.5. The maximum Gasteiger partial charge on any atom is 0.156 e. The first-order valence-electron chi connectivity index (χ1n) is 4.34. The molecule has 0 fully saturated rings. The second kappa shape index (κ2) is 5.74. The number of halogens is 2. The van der Waals surface area contributed by atoms with Crippen LogP contribution in [-0.2, 0) is 0 Å². The minimum absolute atomic E-state index is 0.579. The van der Waals surface area contributed by atoms with Crippen molar-refractivity contribution in [2.75, 3.05) is 12.9 Å². The summed E-state index contributed by atoms with van der Waals surface area (Å²) in [5.41, 5.74) is 0. The Morgan fingerprint density at radius 3 is 2.29 bits per heavy atom. The molecule has 0 saturated heterocycles. The van der Waals surface area contributed by atoms with Gasteiger partial charge in [0.15, 0.2) is 5.75 Å². The van der Waals surface area contributed by atoms with Crippen LogP contribution in [0.3, 0.4) is 0 Å². The Morgan fingerprint density at radius 1 is 1.29 bits per heavy atom. The molecule has 0 bridgehead atoms. The predicted molar refractivity (Wildman–Crippen MR) is 64.0 cm³/mol. The van der Waals surface area contributed by atoms with Crippen molar-refractivity contribution < 1.29 is 4.74 Å². The second-order valence-corrected chi connectivity index (χ2v) is 4.46. The fraction of sp³-hybridized carbons (Fsp3) is 0.400. The molecular formula is C10H12Cl2OS. The van der Waals surface area contributed by atoms with E-state index in [1.807, 2.05) is 25.3 Å². The van der Waals surface area contributed by atoms with Gasteiger partial charge in [-0.15, -0.1) is 11.8 Å². The molecule has 0 unspecified atom stereocenters. The van der Waals surface area contributed by atoms with E-state index in [4.69, 9.17) is 27.9 Å². The molecular weight excluding hydrogens is 239 g/mol. The Kier molecular flexibility index (Phi) is 4.93. The van der Waals surface area contributed by atoms with E-state index in [9.17, 15) is 0 Å². The van der Waals surface area contributed by atoms with Gasteiger partial charge in [-0.2, -0.15) is 0 Å². The Bertz CT molecular complexity index is 292. The van der Waals surface area contributed by atoms with Gasteiger partial charge in [0.05, 0.1) is 16.7 Å². The molecule has 14 heavy (non-hydrogen) atoms. The van der Waals surface area contributed by atoms with Gasteiger partial charge in [0.25, 0.3) is 0 Å². The lowest BCUT2D eigenvalue weighted by molar-refractivity contribution is 0.317. The van der Waals surface area contributed by atoms with Crippen molar-refractivity contribution in [2.45, 2.75) is 18.2 Å². The van der Waals surface area contributed by atoms with Crippen molar-refractivity contribution in [3.63, 3.8) is 0 Å². The van der Waals surface area contributed by atoms with Crippen LogP contribution in [0.15, 0.2) is 17.0 Å². The van der Waals surface area contributed by atoms with Crippen LogP contribution in [0.4, 0.5) is 0 Å². The number of thioether (sulfide) groups is 1. The van der Waals surface area contributed by atoms with Crippen molar-refractivity contribution in [3.8, 4) is 5.75 Å². The van der Waals surface area contributed by atoms with Crippen LogP contribution >= 0.6 is 35.0 Å². The quantitative estimate of drug-likeness (QED) is 0.728. The van der Waals surface area contributed by atoms with Crippen molar-refractivity contribution >= 4 is 35.0 Å². The summed E-state index contributed by atoms with van der Waals surface area (Å²) in [7, 11) is 0. The van der Waals surface area contributed by atoms with E-state index in [1.54, 1.807) is 11.8 Å². The normalized spacial score (nSPS) is 10.3. The lowest BCUT2D eigenvalue weighted by atomic mass is 10.3. The first-order chi connectivity index (χ1) is 6.69. The largest absolute Gasteiger partial charge is 0.490 e. The van der Waals surface area contributed by atoms with Crippen LogP contribution < -0.4 is 4.74 Å². The van der Waals surface area contributed by atoms with Crippen LogP contribution in [0, 0.1) is 0 Å². The van der Waals surface area contributed by atoms with Gasteiger partial charge in [-0.1, -0.05) is 30.1 Å². The van der Waals surface area contributed by atoms with E-state index in [2.05, 4.69) is 0 Å². The molecule has 0 atom stereocenters. The third-order valence-electron chi connectivity index (χ3n) is 1.66. The van der Waals surface area contributed by atoms with E-state index < -0.39 is 0 Å². The van der Waals surface area contributed by atoms with E-state index in [1.165, 1.54) is 0 Å². The fourth-order valence-corrected chi connectivity index (χ4v) is 2.19. The molecule has 1 aromatic carbocycles. The van der Waals surface area contributed by atoms with Crippen LogP contribution in [0.25, 0.3) is 0 Å². The zero-order chi connectivity index (χ0) is 10.6. The molecule has 0 saturated carbocycles. The van der Waals surface area contributed by atoms with E-state index >= 15 is 0 Å². The third kappa shape index (κ3) is 2.97. The van der Waals surface area contributed by atoms with Gasteiger partial charge in [-0.05, 0) is 24.8 Å². The highest BCUT2D eigenvalue weighted by molar-refractivity contribution is 7.98. The molecule has 4 heteroatoms. The summed E-state index contributed by atoms with van der Waals surface area (Å²) in [5.74, 6) is 0.591. The van der Waals surface area contributed by atoms with Gasteiger partial charge in [0, 0.05) is 4.90 Å². The van der Waals surface area contributed by atoms with Crippen LogP contribution in [-0.4, -0.2) is 12.9 Å². The molecule has 0 aliphatic rings. The highest BCUT2D eigenvalue weighted by Crippen LogP contribution is 2.36. The summed E-state index contributed by atoms with van der Waals surface area (Å²) in [6, 6.07) is 3.73. The average molecular weight is 251 g/mol. The number of hydrogen-bond donors (Lipinski definition) is 0. The third-order valence-corrected chi connectivity index (χ3v) is 2.93. The van der Waals surface area contributed by atoms with Crippen LogP contribution in [0.1, 0.15) is 13.3 Å². The summed E-state index contributed by atoms with van der Waals surface area (Å²) in [4.78, 5) is 1.05. The van der Waals surface area contributed by atoms with Gasteiger partial charge in [-0.3, -0.25) is 0 Å². The molecule has 1 nitrogen and oxygen atoms in total. The van der Waals surface area contributed by atoms with E-state index in [0.717, 1.165) is 11.3 Å². The molecule has 0 amide bonds. The SMILES string of the molecule is CCCOc1c(Cl)cc(SC)cc1Cl. The summed E-state index contributed by atoms with van der Waals surface area (Å²) >= 11 is 13.7. The van der Waals surface area contributed by atoms with Gasteiger partial charge in [0.2, 0.25) is 0 Å². The van der Waals surface area contributed by atoms with Crippen LogP contribution in [0.5, 0.6) is 5.75 Å². The lowest BCUT2D eigenvalue weighted by Crippen LogP contribution is -1.96. The molecule has 0 aliphatic carbocycles. The Hall–Kier alpha value is -0.0500. The Labute approximate surface area is 98.7 Å². The van der Waals surface area contributed by atoms with Gasteiger partial charge in [0.1, 0.15) is 0 Å². The number of rotatable bonds is 4. The molecule has 0 spiro atoms. The summed E-state index contributed by atoms with van der Waals surface area (Å²) in [5, 5.41) is 1.16. The maximum atomic E-state index is 6.03. The van der Waals surface area contributed by atoms with Gasteiger partial charge >= 0.3 is 0 Å². The molecule has 1 rings (SSSR count). The highest BCUT2D eigenvalue weighted by atomic mass is 35.5. The minimum atomic E-state index is 0.579. The topological polar surface area (TPSA) is 9.23 Å². The molecule has 0 aliphatic heterocycles. The van der Waals surface area contributed by atoms with Crippen LogP contribution in [0.2, 0.25) is 10.0 Å². The van der Waals surface area contributed by atoms with E-state index in [0.29, 0.717) is 22.4 Å². The highest BCUT2D eigenvalue weighted by Gasteiger charge is 2.08. The lowest BCUT2D eigenvalue weighted by Gasteiger charge is -2.09. The first-order valence-corrected chi connectivity index (χ1v) is 6.33. The zero-order valence-electron chi connectivity index (χ0n) is 8.14. The summed E-state index contributed by atoms with van der Waals surface area (Å²) in [6.45, 7) is 2.68. The summed E-state index contributed by atoms with van der Waals surface area (Å²) < 4.78 is 5.44. The summed E-state index contributed by atoms with van der Waals surface area (Å²) in [6.07, 6.45) is 2.92. The predicted octanol–water partition coefficient (Wildman–Crippen LogP) is 4.50. The molecule has 1 aromatic rings. The smallest absolute Gasteiger partial charge is 0.156 e. The van der Waals surface area contributed by atoms with Crippen molar-refractivity contribution in [2.24, 2.45) is 0 Å². The fourth-order valence-electron chi connectivity index (χ4n) is 0.996. The molecule has 0 aromatic heterocycles. The number of benzene rings is 1. The van der Waals surface area contributed by atoms with Crippen molar-refractivity contribution in [1.29, 1.82) is 0 Å². The Morgan fingerprint density at radius 2 is 1.86 bits per heavy atom. The Balaban J connectivity index is 2.93. The number of hydrogen-bond acceptors (Lipinski definition) is 2. The first kappa shape index (κ1) is 12.0. The minimum Gasteiger partial charge on any atom is -0.490 e. The van der Waals surface area contributed by atoms with Gasteiger partial charge < -0.3 is 4.74 Å². The van der Waals surface area contributed by atoms with Crippen molar-refractivity contribution in [3.05, 3.63) is 22.2 Å². The molecule has 78 valence electrons. The average Bonchev–Trinajstić information content (AvgIpc) is 2.16. The van der Waals surface area contributed by atoms with Gasteiger partial charge in [-0.25, -0.2) is 0 Å². The molecule has 0 N–H and O–H groups in total. The molecule has 0 heterocycles. The maximum absolute atomic E-state index is 6.03. The number of ether oxygens (including phenoxy) is 1.